The quantitative estimate of drug-likeness (QED) is 0.0197. The molecule has 1 aliphatic rings. The van der Waals surface area contributed by atoms with Crippen LogP contribution in [0.25, 0.3) is 0 Å². The molecule has 0 aromatic heterocycles. The average molecular weight is 927 g/mol. The lowest BCUT2D eigenvalue weighted by molar-refractivity contribution is -0.301. The van der Waals surface area contributed by atoms with Crippen LogP contribution in [0.2, 0.25) is 0 Å². The number of hydrogen-bond donors (Lipinski definition) is 4. The van der Waals surface area contributed by atoms with Crippen molar-refractivity contribution in [1.82, 2.24) is 0 Å². The van der Waals surface area contributed by atoms with Gasteiger partial charge < -0.3 is 34.3 Å². The van der Waals surface area contributed by atoms with Crippen molar-refractivity contribution in [3.8, 4) is 0 Å². The summed E-state index contributed by atoms with van der Waals surface area (Å²) in [5.41, 5.74) is 0. The minimum atomic E-state index is -5.06. The molecule has 6 atom stereocenters. The number of rotatable bonds is 43. The molecule has 1 heterocycles. The van der Waals surface area contributed by atoms with Gasteiger partial charge in [0.25, 0.3) is 0 Å². The minimum absolute atomic E-state index is 0.0297. The zero-order valence-corrected chi connectivity index (χ0v) is 40.6. The van der Waals surface area contributed by atoms with E-state index in [9.17, 15) is 33.1 Å². The molecule has 0 aliphatic carbocycles. The summed E-state index contributed by atoms with van der Waals surface area (Å²) in [6.45, 7) is 3.83. The molecule has 1 aliphatic heterocycles. The van der Waals surface area contributed by atoms with E-state index >= 15 is 0 Å². The van der Waals surface area contributed by atoms with Crippen molar-refractivity contribution in [2.45, 2.75) is 230 Å². The van der Waals surface area contributed by atoms with Crippen LogP contribution in [0.3, 0.4) is 0 Å². The summed E-state index contributed by atoms with van der Waals surface area (Å²) in [5, 5.41) is 30.7. The first kappa shape index (κ1) is 59.8. The molecule has 1 fully saturated rings. The Labute approximate surface area is 388 Å². The van der Waals surface area contributed by atoms with Crippen LogP contribution in [0, 0.1) is 0 Å². The third-order valence-corrected chi connectivity index (χ3v) is 11.6. The van der Waals surface area contributed by atoms with Gasteiger partial charge in [-0.05, 0) is 70.6 Å². The summed E-state index contributed by atoms with van der Waals surface area (Å²) >= 11 is 0. The van der Waals surface area contributed by atoms with Crippen LogP contribution in [0.5, 0.6) is 0 Å². The molecule has 372 valence electrons. The largest absolute Gasteiger partial charge is 0.457 e. The lowest BCUT2D eigenvalue weighted by Gasteiger charge is -2.41. The molecule has 0 bridgehead atoms. The Bertz CT molecular complexity index is 1350. The number of unbranched alkanes of at least 4 members (excludes halogenated alkanes) is 20. The second-order valence-electron chi connectivity index (χ2n) is 17.0. The van der Waals surface area contributed by atoms with Crippen LogP contribution >= 0.6 is 0 Å². The SMILES string of the molecule is CC/C=C\C/C=C\C/C=C\C/C=C\CCCCCCCCCCCCCCC(=O)OC(COCCCCCCCC/C=C\CCCC)COC1OC(CO)C(O)C(OS(=O)(=O)O)C1O. The number of allylic oxidation sites excluding steroid dienone is 10. The van der Waals surface area contributed by atoms with E-state index in [1.165, 1.54) is 83.5 Å². The lowest BCUT2D eigenvalue weighted by Crippen LogP contribution is -2.60. The molecule has 0 saturated carbocycles. The van der Waals surface area contributed by atoms with Crippen molar-refractivity contribution in [2.75, 3.05) is 26.4 Å². The van der Waals surface area contributed by atoms with E-state index in [0.717, 1.165) is 83.5 Å². The van der Waals surface area contributed by atoms with Gasteiger partial charge in [-0.1, -0.05) is 177 Å². The molecule has 0 radical (unpaired) electrons. The van der Waals surface area contributed by atoms with E-state index in [4.69, 9.17) is 18.9 Å². The third kappa shape index (κ3) is 35.1. The van der Waals surface area contributed by atoms with Gasteiger partial charge in [-0.3, -0.25) is 9.35 Å². The summed E-state index contributed by atoms with van der Waals surface area (Å²) in [6, 6.07) is 0. The highest BCUT2D eigenvalue weighted by molar-refractivity contribution is 7.80. The first-order chi connectivity index (χ1) is 31.1. The average Bonchev–Trinajstić information content (AvgIpc) is 3.27. The predicted octanol–water partition coefficient (Wildman–Crippen LogP) is 11.3. The molecule has 4 N–H and O–H groups in total. The Kier molecular flexibility index (Phi) is 39.4. The fourth-order valence-electron chi connectivity index (χ4n) is 7.35. The van der Waals surface area contributed by atoms with E-state index in [0.29, 0.717) is 13.0 Å². The minimum Gasteiger partial charge on any atom is -0.457 e. The summed E-state index contributed by atoms with van der Waals surface area (Å²) in [7, 11) is -5.06. The number of aliphatic hydroxyl groups is 3. The Balaban J connectivity index is 2.31. The van der Waals surface area contributed by atoms with Gasteiger partial charge in [0.1, 0.15) is 30.5 Å². The summed E-state index contributed by atoms with van der Waals surface area (Å²) in [5.74, 6) is -0.405. The topological polar surface area (TPSA) is 178 Å². The van der Waals surface area contributed by atoms with Crippen LogP contribution in [0.15, 0.2) is 60.8 Å². The highest BCUT2D eigenvalue weighted by Crippen LogP contribution is 2.26. The van der Waals surface area contributed by atoms with Gasteiger partial charge in [-0.15, -0.1) is 0 Å². The maximum Gasteiger partial charge on any atom is 0.397 e. The van der Waals surface area contributed by atoms with Crippen LogP contribution in [-0.4, -0.2) is 97.5 Å². The van der Waals surface area contributed by atoms with Crippen LogP contribution in [-0.2, 0) is 38.3 Å². The molecule has 0 aromatic carbocycles. The van der Waals surface area contributed by atoms with Gasteiger partial charge in [0, 0.05) is 13.0 Å². The monoisotopic (exact) mass is 927 g/mol. The molecule has 12 nitrogen and oxygen atoms in total. The van der Waals surface area contributed by atoms with Crippen molar-refractivity contribution in [1.29, 1.82) is 0 Å². The summed E-state index contributed by atoms with van der Waals surface area (Å²) in [4.78, 5) is 12.9. The molecule has 0 spiro atoms. The zero-order valence-electron chi connectivity index (χ0n) is 39.8. The van der Waals surface area contributed by atoms with Gasteiger partial charge in [0.15, 0.2) is 6.29 Å². The van der Waals surface area contributed by atoms with Gasteiger partial charge in [-0.25, -0.2) is 4.18 Å². The first-order valence-corrected chi connectivity index (χ1v) is 26.4. The van der Waals surface area contributed by atoms with Crippen LogP contribution in [0.1, 0.15) is 194 Å². The van der Waals surface area contributed by atoms with Crippen molar-refractivity contribution >= 4 is 16.4 Å². The molecule has 0 amide bonds. The van der Waals surface area contributed by atoms with Gasteiger partial charge in [0.2, 0.25) is 0 Å². The van der Waals surface area contributed by atoms with Crippen LogP contribution < -0.4 is 0 Å². The number of carbonyl (C=O) groups is 1. The van der Waals surface area contributed by atoms with Gasteiger partial charge >= 0.3 is 16.4 Å². The smallest absolute Gasteiger partial charge is 0.397 e. The third-order valence-electron chi connectivity index (χ3n) is 11.1. The molecule has 13 heteroatoms. The summed E-state index contributed by atoms with van der Waals surface area (Å²) in [6.07, 6.45) is 44.0. The van der Waals surface area contributed by atoms with Crippen molar-refractivity contribution in [2.24, 2.45) is 0 Å². The van der Waals surface area contributed by atoms with E-state index in [1.54, 1.807) is 0 Å². The van der Waals surface area contributed by atoms with E-state index in [2.05, 4.69) is 78.8 Å². The maximum atomic E-state index is 12.9. The predicted molar refractivity (Wildman–Crippen MR) is 257 cm³/mol. The Morgan fingerprint density at radius 3 is 1.59 bits per heavy atom. The number of esters is 1. The standard InChI is InChI=1S/C51H90O12S/c1-3-5-7-9-11-13-15-17-18-19-20-21-22-23-24-25-26-27-28-29-30-32-34-36-38-40-47(53)61-45(43-59-41-39-37-35-33-31-16-14-12-10-8-6-4-2)44-60-51-49(55)50(63-64(56,57)58)48(54)46(42-52)62-51/h5,7,10-13,17-18,20-21,45-46,48-52,54-55H,3-4,6,8-9,14-16,19,22-44H2,1-2H3,(H,56,57,58)/b7-5-,12-10-,13-11-,18-17-,21-20-. The van der Waals surface area contributed by atoms with Crippen molar-refractivity contribution < 1.29 is 56.2 Å². The maximum absolute atomic E-state index is 12.9. The molecular formula is C51H90O12S. The highest BCUT2D eigenvalue weighted by Gasteiger charge is 2.48. The molecule has 64 heavy (non-hydrogen) atoms. The normalized spacial score (nSPS) is 20.2. The van der Waals surface area contributed by atoms with Crippen molar-refractivity contribution in [3.05, 3.63) is 60.8 Å². The molecule has 0 aromatic rings. The lowest BCUT2D eigenvalue weighted by atomic mass is 9.99. The number of ether oxygens (including phenoxy) is 4. The summed E-state index contributed by atoms with van der Waals surface area (Å²) < 4.78 is 59.1. The highest BCUT2D eigenvalue weighted by atomic mass is 32.3. The van der Waals surface area contributed by atoms with Crippen LogP contribution in [0.4, 0.5) is 0 Å². The van der Waals surface area contributed by atoms with E-state index in [1.807, 2.05) is 0 Å². The Morgan fingerprint density at radius 2 is 1.08 bits per heavy atom. The van der Waals surface area contributed by atoms with Gasteiger partial charge in [-0.2, -0.15) is 8.42 Å². The number of hydrogen-bond acceptors (Lipinski definition) is 11. The fraction of sp³-hybridized carbons (Fsp3) is 0.784. The first-order valence-electron chi connectivity index (χ1n) is 25.0. The number of carbonyl (C=O) groups excluding carboxylic acids is 1. The van der Waals surface area contributed by atoms with Crippen molar-refractivity contribution in [3.63, 3.8) is 0 Å². The molecule has 6 unspecified atom stereocenters. The van der Waals surface area contributed by atoms with E-state index < -0.39 is 59.8 Å². The Hall–Kier alpha value is -2.20. The molecule has 1 saturated heterocycles. The number of aliphatic hydroxyl groups excluding tert-OH is 3. The second-order valence-corrected chi connectivity index (χ2v) is 18.1. The van der Waals surface area contributed by atoms with E-state index in [-0.39, 0.29) is 19.6 Å². The Morgan fingerprint density at radius 1 is 0.609 bits per heavy atom. The second kappa shape index (κ2) is 42.2. The molecule has 1 rings (SSSR count). The fourth-order valence-corrected chi connectivity index (χ4v) is 7.86. The molecular weight excluding hydrogens is 837 g/mol. The van der Waals surface area contributed by atoms with Gasteiger partial charge in [0.05, 0.1) is 19.8 Å². The zero-order chi connectivity index (χ0) is 46.8.